The fraction of sp³-hybridized carbons (Fsp3) is 0.250. The Labute approximate surface area is 204 Å². The number of hydrogen-bond acceptors (Lipinski definition) is 0. The monoisotopic (exact) mass is 468 g/mol. The van der Waals surface area contributed by atoms with Crippen molar-refractivity contribution in [2.45, 2.75) is 46.6 Å². The molecule has 0 aliphatic carbocycles. The molecule has 4 rings (SSSR count). The molecule has 1 heteroatoms. The van der Waals surface area contributed by atoms with Crippen LogP contribution in [0.5, 0.6) is 0 Å². The summed E-state index contributed by atoms with van der Waals surface area (Å²) in [4.78, 5) is 0. The summed E-state index contributed by atoms with van der Waals surface area (Å²) >= 11 is -2.50. The van der Waals surface area contributed by atoms with E-state index >= 15 is 0 Å². The van der Waals surface area contributed by atoms with Crippen LogP contribution in [0, 0.1) is 27.7 Å². The van der Waals surface area contributed by atoms with Crippen molar-refractivity contribution in [1.82, 2.24) is 0 Å². The molecule has 0 atom stereocenters. The summed E-state index contributed by atoms with van der Waals surface area (Å²) in [6.07, 6.45) is 0. The molecule has 0 heterocycles. The van der Waals surface area contributed by atoms with Gasteiger partial charge in [-0.15, -0.1) is 0 Å². The van der Waals surface area contributed by atoms with Gasteiger partial charge in [-0.1, -0.05) is 0 Å². The van der Waals surface area contributed by atoms with E-state index in [0.717, 1.165) is 0 Å². The van der Waals surface area contributed by atoms with Gasteiger partial charge in [0.05, 0.1) is 0 Å². The van der Waals surface area contributed by atoms with Gasteiger partial charge in [0, 0.05) is 0 Å². The molecule has 0 bridgehead atoms. The molecule has 0 nitrogen and oxygen atoms in total. The Hall–Kier alpha value is -2.41. The molecule has 0 saturated carbocycles. The second-order valence-corrected chi connectivity index (χ2v) is 17.0. The standard InChI is InChI=1S/4C8H9.Ti/c4*1-7-3-5-8(2)6-4-7;/h4*3-6H,1H2,2H3;. The summed E-state index contributed by atoms with van der Waals surface area (Å²) < 4.78 is 4.98. The summed E-state index contributed by atoms with van der Waals surface area (Å²) in [5, 5.41) is 0. The summed E-state index contributed by atoms with van der Waals surface area (Å²) in [7, 11) is 0. The van der Waals surface area contributed by atoms with E-state index in [1.807, 2.05) is 0 Å². The van der Waals surface area contributed by atoms with Crippen LogP contribution in [0.15, 0.2) is 97.1 Å². The van der Waals surface area contributed by atoms with Crippen LogP contribution in [0.4, 0.5) is 0 Å². The molecular formula is C32H36Ti. The summed E-state index contributed by atoms with van der Waals surface area (Å²) in [5.41, 5.74) is 11.4. The summed E-state index contributed by atoms with van der Waals surface area (Å²) in [5.74, 6) is 0. The molecule has 0 radical (unpaired) electrons. The zero-order valence-electron chi connectivity index (χ0n) is 20.6. The van der Waals surface area contributed by atoms with Gasteiger partial charge >= 0.3 is 205 Å². The third kappa shape index (κ3) is 6.79. The average Bonchev–Trinajstić information content (AvgIpc) is 2.80. The quantitative estimate of drug-likeness (QED) is 0.229. The van der Waals surface area contributed by atoms with Crippen molar-refractivity contribution in [3.8, 4) is 0 Å². The van der Waals surface area contributed by atoms with E-state index in [1.54, 1.807) is 0 Å². The van der Waals surface area contributed by atoms with E-state index in [0.29, 0.717) is 0 Å². The zero-order chi connectivity index (χ0) is 23.3. The molecule has 0 aliphatic heterocycles. The Morgan fingerprint density at radius 3 is 0.697 bits per heavy atom. The Bertz CT molecular complexity index is 956. The molecular weight excluding hydrogens is 432 g/mol. The Morgan fingerprint density at radius 1 is 0.333 bits per heavy atom. The number of rotatable bonds is 8. The Morgan fingerprint density at radius 2 is 0.515 bits per heavy atom. The molecule has 4 aromatic rings. The molecule has 168 valence electrons. The van der Waals surface area contributed by atoms with Crippen LogP contribution in [0.3, 0.4) is 0 Å². The molecule has 0 N–H and O–H groups in total. The minimum absolute atomic E-state index is 1.25. The van der Waals surface area contributed by atoms with Gasteiger partial charge in [-0.05, 0) is 0 Å². The molecule has 0 amide bonds. The van der Waals surface area contributed by atoms with Crippen molar-refractivity contribution >= 4 is 0 Å². The van der Waals surface area contributed by atoms with Crippen LogP contribution in [0.1, 0.15) is 44.5 Å². The molecule has 0 fully saturated rings. The SMILES string of the molecule is Cc1ccc([CH2][Ti]([CH2]c2ccc(C)cc2)([CH2]c2ccc(C)cc2)[CH2]c2ccc(C)cc2)cc1. The van der Waals surface area contributed by atoms with Gasteiger partial charge in [0.25, 0.3) is 0 Å². The maximum atomic E-state index is 2.37. The molecule has 4 aromatic carbocycles. The van der Waals surface area contributed by atoms with Gasteiger partial charge in [-0.3, -0.25) is 0 Å². The third-order valence-corrected chi connectivity index (χ3v) is 14.0. The van der Waals surface area contributed by atoms with Crippen molar-refractivity contribution < 1.29 is 16.6 Å². The van der Waals surface area contributed by atoms with Crippen LogP contribution in [0.2, 0.25) is 0 Å². The first-order chi connectivity index (χ1) is 15.9. The van der Waals surface area contributed by atoms with Crippen LogP contribution >= 0.6 is 0 Å². The van der Waals surface area contributed by atoms with Gasteiger partial charge < -0.3 is 0 Å². The van der Waals surface area contributed by atoms with Gasteiger partial charge in [0.15, 0.2) is 0 Å². The first-order valence-electron chi connectivity index (χ1n) is 12.1. The van der Waals surface area contributed by atoms with E-state index in [4.69, 9.17) is 0 Å². The van der Waals surface area contributed by atoms with Crippen LogP contribution < -0.4 is 0 Å². The predicted molar refractivity (Wildman–Crippen MR) is 140 cm³/mol. The van der Waals surface area contributed by atoms with Crippen LogP contribution in [-0.2, 0) is 35.5 Å². The second-order valence-electron chi connectivity index (χ2n) is 10.1. The third-order valence-electron chi connectivity index (χ3n) is 6.80. The van der Waals surface area contributed by atoms with Crippen molar-refractivity contribution in [3.63, 3.8) is 0 Å². The Balaban J connectivity index is 1.77. The summed E-state index contributed by atoms with van der Waals surface area (Å²) in [6, 6.07) is 37.2. The summed E-state index contributed by atoms with van der Waals surface area (Å²) in [6.45, 7) is 8.74. The van der Waals surface area contributed by atoms with Crippen molar-refractivity contribution in [2.75, 3.05) is 0 Å². The first-order valence-corrected chi connectivity index (χ1v) is 16.5. The van der Waals surface area contributed by atoms with E-state index in [1.165, 1.54) is 63.4 Å². The van der Waals surface area contributed by atoms with E-state index in [-0.39, 0.29) is 0 Å². The second kappa shape index (κ2) is 10.7. The maximum absolute atomic E-state index is 2.50. The molecule has 33 heavy (non-hydrogen) atoms. The number of benzene rings is 4. The van der Waals surface area contributed by atoms with Crippen molar-refractivity contribution in [3.05, 3.63) is 142 Å². The molecule has 0 unspecified atom stereocenters. The molecule has 0 aliphatic rings. The van der Waals surface area contributed by atoms with Gasteiger partial charge in [0.1, 0.15) is 0 Å². The molecule has 0 aromatic heterocycles. The molecule has 0 spiro atoms. The minimum atomic E-state index is -2.50. The van der Waals surface area contributed by atoms with Gasteiger partial charge in [-0.25, -0.2) is 0 Å². The van der Waals surface area contributed by atoms with Gasteiger partial charge in [-0.2, -0.15) is 0 Å². The number of aryl methyl sites for hydroxylation is 4. The Kier molecular flexibility index (Phi) is 7.69. The zero-order valence-corrected chi connectivity index (χ0v) is 22.1. The van der Waals surface area contributed by atoms with E-state index < -0.39 is 16.6 Å². The topological polar surface area (TPSA) is 0 Å². The average molecular weight is 469 g/mol. The number of hydrogen-bond donors (Lipinski definition) is 0. The van der Waals surface area contributed by atoms with Crippen molar-refractivity contribution in [1.29, 1.82) is 0 Å². The first kappa shape index (κ1) is 23.7. The fourth-order valence-electron chi connectivity index (χ4n) is 4.93. The van der Waals surface area contributed by atoms with Crippen molar-refractivity contribution in [2.24, 2.45) is 0 Å². The van der Waals surface area contributed by atoms with Crippen LogP contribution in [-0.4, -0.2) is 0 Å². The van der Waals surface area contributed by atoms with E-state index in [2.05, 4.69) is 125 Å². The fourth-order valence-corrected chi connectivity index (χ4v) is 13.0. The van der Waals surface area contributed by atoms with E-state index in [9.17, 15) is 0 Å². The van der Waals surface area contributed by atoms with Crippen LogP contribution in [0.25, 0.3) is 0 Å². The normalized spacial score (nSPS) is 11.5. The predicted octanol–water partition coefficient (Wildman–Crippen LogP) is 8.17. The molecule has 0 saturated heterocycles. The van der Waals surface area contributed by atoms with Gasteiger partial charge in [0.2, 0.25) is 0 Å².